The number of rotatable bonds is 15. The summed E-state index contributed by atoms with van der Waals surface area (Å²) in [4.78, 5) is 25.2. The monoisotopic (exact) mass is 455 g/mol. The molecule has 1 atom stereocenters. The minimum Gasteiger partial charge on any atom is -0.465 e. The Morgan fingerprint density at radius 1 is 0.875 bits per heavy atom. The standard InChI is InChI=1S/C18H36O2.C9H17NO2/c1-5-7-8-9-10-11-12-13-14-15-16-20-17(19)18(3,4)6-2;1-3-8(2)9(11)10-4-6-12-7-5-10/h5-16H2,1-4H3;8H,3-7H2,1-2H3. The van der Waals surface area contributed by atoms with Crippen LogP contribution in [0.15, 0.2) is 0 Å². The number of carbonyl (C=O) groups excluding carboxylic acids is 2. The normalized spacial score (nSPS) is 15.0. The van der Waals surface area contributed by atoms with Gasteiger partial charge in [0, 0.05) is 19.0 Å². The first-order chi connectivity index (χ1) is 15.3. The van der Waals surface area contributed by atoms with Crippen molar-refractivity contribution in [2.24, 2.45) is 11.3 Å². The van der Waals surface area contributed by atoms with Crippen molar-refractivity contribution < 1.29 is 19.1 Å². The van der Waals surface area contributed by atoms with Crippen LogP contribution in [0.25, 0.3) is 0 Å². The summed E-state index contributed by atoms with van der Waals surface area (Å²) >= 11 is 0. The van der Waals surface area contributed by atoms with Crippen LogP contribution in [0.4, 0.5) is 0 Å². The summed E-state index contributed by atoms with van der Waals surface area (Å²) in [5, 5.41) is 0. The Morgan fingerprint density at radius 2 is 1.38 bits per heavy atom. The predicted molar refractivity (Wildman–Crippen MR) is 134 cm³/mol. The number of hydrogen-bond donors (Lipinski definition) is 0. The lowest BCUT2D eigenvalue weighted by Gasteiger charge is -2.28. The van der Waals surface area contributed by atoms with E-state index in [0.717, 1.165) is 32.4 Å². The van der Waals surface area contributed by atoms with Crippen molar-refractivity contribution in [1.29, 1.82) is 0 Å². The first kappa shape index (κ1) is 30.9. The molecule has 1 aliphatic rings. The second kappa shape index (κ2) is 19.4. The van der Waals surface area contributed by atoms with Gasteiger partial charge in [-0.25, -0.2) is 0 Å². The van der Waals surface area contributed by atoms with Gasteiger partial charge in [0.25, 0.3) is 0 Å². The predicted octanol–water partition coefficient (Wildman–Crippen LogP) is 6.78. The Bertz CT molecular complexity index is 472. The molecule has 0 saturated carbocycles. The minimum atomic E-state index is -0.321. The first-order valence-corrected chi connectivity index (χ1v) is 13.3. The van der Waals surface area contributed by atoms with Crippen LogP contribution in [-0.2, 0) is 19.1 Å². The number of hydrogen-bond acceptors (Lipinski definition) is 4. The molecule has 0 bridgehead atoms. The molecule has 0 N–H and O–H groups in total. The van der Waals surface area contributed by atoms with E-state index in [1.54, 1.807) is 0 Å². The Balaban J connectivity index is 0.000000677. The fourth-order valence-electron chi connectivity index (χ4n) is 3.36. The zero-order valence-electron chi connectivity index (χ0n) is 22.2. The second-order valence-corrected chi connectivity index (χ2v) is 9.80. The summed E-state index contributed by atoms with van der Waals surface area (Å²) < 4.78 is 10.5. The van der Waals surface area contributed by atoms with E-state index in [0.29, 0.717) is 19.8 Å². The maximum absolute atomic E-state index is 11.7. The largest absolute Gasteiger partial charge is 0.465 e. The summed E-state index contributed by atoms with van der Waals surface area (Å²) in [6, 6.07) is 0. The molecule has 1 saturated heterocycles. The van der Waals surface area contributed by atoms with Gasteiger partial charge in [-0.1, -0.05) is 85.5 Å². The first-order valence-electron chi connectivity index (χ1n) is 13.3. The van der Waals surface area contributed by atoms with Crippen LogP contribution in [0.1, 0.15) is 119 Å². The van der Waals surface area contributed by atoms with Crippen molar-refractivity contribution in [3.63, 3.8) is 0 Å². The highest BCUT2D eigenvalue weighted by Gasteiger charge is 2.26. The van der Waals surface area contributed by atoms with Crippen molar-refractivity contribution in [2.45, 2.75) is 119 Å². The average molecular weight is 456 g/mol. The number of unbranched alkanes of at least 4 members (excludes halogenated alkanes) is 9. The Hall–Kier alpha value is -1.10. The van der Waals surface area contributed by atoms with Crippen molar-refractivity contribution in [2.75, 3.05) is 32.9 Å². The molecular weight excluding hydrogens is 402 g/mol. The molecule has 0 aromatic carbocycles. The third-order valence-electron chi connectivity index (χ3n) is 6.52. The Morgan fingerprint density at radius 3 is 1.84 bits per heavy atom. The summed E-state index contributed by atoms with van der Waals surface area (Å²) in [5.41, 5.74) is -0.321. The number of amides is 1. The maximum atomic E-state index is 11.7. The summed E-state index contributed by atoms with van der Waals surface area (Å²) in [7, 11) is 0. The van der Waals surface area contributed by atoms with Crippen molar-refractivity contribution >= 4 is 11.9 Å². The molecule has 190 valence electrons. The smallest absolute Gasteiger partial charge is 0.311 e. The fraction of sp³-hybridized carbons (Fsp3) is 0.926. The number of ether oxygens (including phenoxy) is 2. The third-order valence-corrected chi connectivity index (χ3v) is 6.52. The van der Waals surface area contributed by atoms with E-state index in [1.807, 2.05) is 39.5 Å². The van der Waals surface area contributed by atoms with Crippen LogP contribution in [-0.4, -0.2) is 49.7 Å². The molecule has 32 heavy (non-hydrogen) atoms. The summed E-state index contributed by atoms with van der Waals surface area (Å²) in [6.07, 6.45) is 14.9. The van der Waals surface area contributed by atoms with Crippen molar-refractivity contribution in [1.82, 2.24) is 4.90 Å². The van der Waals surface area contributed by atoms with Gasteiger partial charge in [-0.2, -0.15) is 0 Å². The van der Waals surface area contributed by atoms with E-state index < -0.39 is 0 Å². The highest BCUT2D eigenvalue weighted by molar-refractivity contribution is 5.78. The van der Waals surface area contributed by atoms with E-state index in [-0.39, 0.29) is 23.2 Å². The maximum Gasteiger partial charge on any atom is 0.311 e. The quantitative estimate of drug-likeness (QED) is 0.202. The molecule has 0 spiro atoms. The Labute approximate surface area is 199 Å². The van der Waals surface area contributed by atoms with Gasteiger partial charge in [-0.05, 0) is 33.1 Å². The summed E-state index contributed by atoms with van der Waals surface area (Å²) in [5.74, 6) is 0.403. The van der Waals surface area contributed by atoms with Gasteiger partial charge < -0.3 is 14.4 Å². The average Bonchev–Trinajstić information content (AvgIpc) is 2.82. The Kier molecular flexibility index (Phi) is 18.7. The van der Waals surface area contributed by atoms with Crippen LogP contribution >= 0.6 is 0 Å². The topological polar surface area (TPSA) is 55.8 Å². The molecule has 1 fully saturated rings. The van der Waals surface area contributed by atoms with E-state index in [4.69, 9.17) is 9.47 Å². The molecule has 1 unspecified atom stereocenters. The molecule has 0 aromatic heterocycles. The van der Waals surface area contributed by atoms with E-state index in [1.165, 1.54) is 57.8 Å². The summed E-state index contributed by atoms with van der Waals surface area (Å²) in [6.45, 7) is 15.7. The third kappa shape index (κ3) is 14.9. The highest BCUT2D eigenvalue weighted by Crippen LogP contribution is 2.21. The second-order valence-electron chi connectivity index (χ2n) is 9.80. The lowest BCUT2D eigenvalue weighted by molar-refractivity contribution is -0.154. The van der Waals surface area contributed by atoms with Gasteiger partial charge in [0.15, 0.2) is 0 Å². The van der Waals surface area contributed by atoms with E-state index in [2.05, 4.69) is 6.92 Å². The zero-order chi connectivity index (χ0) is 24.2. The fourth-order valence-corrected chi connectivity index (χ4v) is 3.36. The SMILES string of the molecule is CCC(C)C(=O)N1CCOCC1.CCCCCCCCCCCCOC(=O)C(C)(C)CC. The van der Waals surface area contributed by atoms with E-state index in [9.17, 15) is 9.59 Å². The van der Waals surface area contributed by atoms with Gasteiger partial charge in [0.1, 0.15) is 0 Å². The molecule has 1 aliphatic heterocycles. The van der Waals surface area contributed by atoms with Crippen LogP contribution in [0.2, 0.25) is 0 Å². The van der Waals surface area contributed by atoms with Crippen LogP contribution in [0.5, 0.6) is 0 Å². The molecule has 5 nitrogen and oxygen atoms in total. The minimum absolute atomic E-state index is 0.0454. The number of esters is 1. The molecule has 0 aliphatic carbocycles. The van der Waals surface area contributed by atoms with Crippen molar-refractivity contribution in [3.05, 3.63) is 0 Å². The molecular formula is C27H53NO4. The van der Waals surface area contributed by atoms with Crippen LogP contribution in [0, 0.1) is 11.3 Å². The van der Waals surface area contributed by atoms with Gasteiger partial charge >= 0.3 is 5.97 Å². The molecule has 1 heterocycles. The number of carbonyl (C=O) groups is 2. The molecule has 1 rings (SSSR count). The molecule has 5 heteroatoms. The van der Waals surface area contributed by atoms with Crippen LogP contribution in [0.3, 0.4) is 0 Å². The number of nitrogens with zero attached hydrogens (tertiary/aromatic N) is 1. The highest BCUT2D eigenvalue weighted by atomic mass is 16.5. The van der Waals surface area contributed by atoms with Gasteiger partial charge in [-0.3, -0.25) is 9.59 Å². The lowest BCUT2D eigenvalue weighted by Crippen LogP contribution is -2.43. The van der Waals surface area contributed by atoms with E-state index >= 15 is 0 Å². The molecule has 0 aromatic rings. The zero-order valence-corrected chi connectivity index (χ0v) is 22.2. The molecule has 0 radical (unpaired) electrons. The lowest BCUT2D eigenvalue weighted by atomic mass is 9.91. The van der Waals surface area contributed by atoms with Gasteiger partial charge in [0.05, 0.1) is 25.2 Å². The van der Waals surface area contributed by atoms with Crippen LogP contribution < -0.4 is 0 Å². The van der Waals surface area contributed by atoms with Gasteiger partial charge in [-0.15, -0.1) is 0 Å². The molecule has 1 amide bonds. The number of morpholine rings is 1. The van der Waals surface area contributed by atoms with Gasteiger partial charge in [0.2, 0.25) is 5.91 Å². The van der Waals surface area contributed by atoms with Crippen molar-refractivity contribution in [3.8, 4) is 0 Å².